The molecule has 2 N–H and O–H groups in total. The fraction of sp³-hybridized carbons (Fsp3) is 0.615. The number of hydrogen-bond acceptors (Lipinski definition) is 4. The molecule has 0 aliphatic heterocycles. The number of nitrogens with zero attached hydrogens (tertiary/aromatic N) is 2. The van der Waals surface area contributed by atoms with Crippen LogP contribution in [0, 0.1) is 5.92 Å². The maximum absolute atomic E-state index is 11.6. The first-order valence-electron chi connectivity index (χ1n) is 6.50. The van der Waals surface area contributed by atoms with Crippen molar-refractivity contribution < 1.29 is 19.4 Å². The van der Waals surface area contributed by atoms with Crippen LogP contribution in [0.15, 0.2) is 6.20 Å². The van der Waals surface area contributed by atoms with E-state index in [0.29, 0.717) is 11.5 Å². The smallest absolute Gasteiger partial charge is 0.407 e. The van der Waals surface area contributed by atoms with Gasteiger partial charge in [-0.1, -0.05) is 13.8 Å². The molecule has 1 atom stereocenters. The third kappa shape index (κ3) is 4.56. The van der Waals surface area contributed by atoms with Crippen molar-refractivity contribution in [1.82, 2.24) is 15.1 Å². The average molecular weight is 283 g/mol. The van der Waals surface area contributed by atoms with E-state index >= 15 is 0 Å². The van der Waals surface area contributed by atoms with Crippen LogP contribution in [0.4, 0.5) is 4.79 Å². The van der Waals surface area contributed by atoms with Gasteiger partial charge < -0.3 is 15.2 Å². The summed E-state index contributed by atoms with van der Waals surface area (Å²) in [6, 6.07) is 0. The topological polar surface area (TPSA) is 93.5 Å². The van der Waals surface area contributed by atoms with Crippen molar-refractivity contribution in [2.24, 2.45) is 13.0 Å². The van der Waals surface area contributed by atoms with Gasteiger partial charge in [-0.05, 0) is 19.3 Å². The molecule has 112 valence electrons. The fourth-order valence-corrected chi connectivity index (χ4v) is 1.99. The molecule has 0 radical (unpaired) electrons. The van der Waals surface area contributed by atoms with Crippen molar-refractivity contribution in [2.75, 3.05) is 0 Å². The summed E-state index contributed by atoms with van der Waals surface area (Å²) >= 11 is 0. The van der Waals surface area contributed by atoms with Gasteiger partial charge in [0, 0.05) is 12.6 Å². The van der Waals surface area contributed by atoms with Crippen LogP contribution in [0.25, 0.3) is 0 Å². The summed E-state index contributed by atoms with van der Waals surface area (Å²) in [5.74, 6) is -0.641. The van der Waals surface area contributed by atoms with E-state index in [2.05, 4.69) is 10.4 Å². The summed E-state index contributed by atoms with van der Waals surface area (Å²) in [5.41, 5.74) is 0.494. The molecule has 0 saturated heterocycles. The fourth-order valence-electron chi connectivity index (χ4n) is 1.99. The Hall–Kier alpha value is -2.05. The second kappa shape index (κ2) is 6.93. The van der Waals surface area contributed by atoms with Crippen molar-refractivity contribution in [3.8, 4) is 0 Å². The molecule has 1 aromatic heterocycles. The van der Waals surface area contributed by atoms with Crippen molar-refractivity contribution >= 4 is 12.1 Å². The molecule has 1 amide bonds. The highest BCUT2D eigenvalue weighted by Gasteiger charge is 2.17. The molecule has 1 heterocycles. The lowest BCUT2D eigenvalue weighted by atomic mass is 10.1. The number of carboxylic acid groups (broad SMARTS) is 1. The van der Waals surface area contributed by atoms with Crippen LogP contribution < -0.4 is 5.32 Å². The summed E-state index contributed by atoms with van der Waals surface area (Å²) in [5, 5.41) is 15.4. The van der Waals surface area contributed by atoms with Crippen LogP contribution in [0.5, 0.6) is 0 Å². The Morgan fingerprint density at radius 3 is 2.65 bits per heavy atom. The Morgan fingerprint density at radius 1 is 1.45 bits per heavy atom. The number of alkyl carbamates (subject to hydrolysis) is 1. The van der Waals surface area contributed by atoms with Crippen LogP contribution in [0.1, 0.15) is 43.2 Å². The summed E-state index contributed by atoms with van der Waals surface area (Å²) in [6.07, 6.45) is 1.46. The van der Waals surface area contributed by atoms with Crippen LogP contribution in [-0.2, 0) is 18.3 Å². The molecule has 1 rings (SSSR count). The molecule has 0 bridgehead atoms. The standard InChI is InChI=1S/C13H21N3O4/c1-8(2)5-9(3)20-13(19)14-6-10-7-15-16(4)11(10)12(17)18/h7-9H,5-6H2,1-4H3,(H,14,19)(H,17,18). The van der Waals surface area contributed by atoms with Gasteiger partial charge in [-0.15, -0.1) is 0 Å². The maximum Gasteiger partial charge on any atom is 0.407 e. The number of aryl methyl sites for hydroxylation is 1. The number of hydrogen-bond donors (Lipinski definition) is 2. The van der Waals surface area contributed by atoms with E-state index in [0.717, 1.165) is 6.42 Å². The first-order valence-corrected chi connectivity index (χ1v) is 6.50. The lowest BCUT2D eigenvalue weighted by molar-refractivity contribution is 0.0682. The largest absolute Gasteiger partial charge is 0.477 e. The van der Waals surface area contributed by atoms with Crippen molar-refractivity contribution in [3.63, 3.8) is 0 Å². The minimum absolute atomic E-state index is 0.0560. The van der Waals surface area contributed by atoms with Crippen molar-refractivity contribution in [3.05, 3.63) is 17.5 Å². The zero-order valence-electron chi connectivity index (χ0n) is 12.2. The second-order valence-electron chi connectivity index (χ2n) is 5.15. The summed E-state index contributed by atoms with van der Waals surface area (Å²) in [7, 11) is 1.54. The molecular weight excluding hydrogens is 262 g/mol. The molecule has 1 unspecified atom stereocenters. The van der Waals surface area contributed by atoms with Gasteiger partial charge in [0.2, 0.25) is 0 Å². The highest BCUT2D eigenvalue weighted by Crippen LogP contribution is 2.09. The van der Waals surface area contributed by atoms with Crippen LogP contribution in [-0.4, -0.2) is 33.1 Å². The Morgan fingerprint density at radius 2 is 2.10 bits per heavy atom. The van der Waals surface area contributed by atoms with Gasteiger partial charge in [0.05, 0.1) is 12.7 Å². The number of amides is 1. The summed E-state index contributed by atoms with van der Waals surface area (Å²) < 4.78 is 6.42. The molecule has 0 saturated carbocycles. The molecule has 0 spiro atoms. The quantitative estimate of drug-likeness (QED) is 0.830. The molecule has 0 fully saturated rings. The van der Waals surface area contributed by atoms with Gasteiger partial charge in [0.1, 0.15) is 6.10 Å². The zero-order chi connectivity index (χ0) is 15.3. The number of nitrogens with one attached hydrogen (secondary N) is 1. The zero-order valence-corrected chi connectivity index (χ0v) is 12.2. The van der Waals surface area contributed by atoms with Gasteiger partial charge in [0.25, 0.3) is 0 Å². The van der Waals surface area contributed by atoms with Gasteiger partial charge >= 0.3 is 12.1 Å². The van der Waals surface area contributed by atoms with Crippen molar-refractivity contribution in [1.29, 1.82) is 0 Å². The van der Waals surface area contributed by atoms with E-state index in [1.54, 1.807) is 0 Å². The minimum Gasteiger partial charge on any atom is -0.477 e. The number of aromatic nitrogens is 2. The Balaban J connectivity index is 2.51. The molecule has 20 heavy (non-hydrogen) atoms. The van der Waals surface area contributed by atoms with E-state index in [1.807, 2.05) is 20.8 Å². The monoisotopic (exact) mass is 283 g/mol. The van der Waals surface area contributed by atoms with E-state index in [4.69, 9.17) is 9.84 Å². The van der Waals surface area contributed by atoms with Gasteiger partial charge in [-0.3, -0.25) is 4.68 Å². The van der Waals surface area contributed by atoms with Gasteiger partial charge in [-0.2, -0.15) is 5.10 Å². The Bertz CT molecular complexity index is 482. The number of carbonyl (C=O) groups is 2. The predicted molar refractivity (Wildman–Crippen MR) is 72.4 cm³/mol. The Kier molecular flexibility index (Phi) is 5.54. The normalized spacial score (nSPS) is 12.2. The average Bonchev–Trinajstić information content (AvgIpc) is 2.66. The van der Waals surface area contributed by atoms with E-state index in [1.165, 1.54) is 17.9 Å². The third-order valence-corrected chi connectivity index (χ3v) is 2.75. The first-order chi connectivity index (χ1) is 9.31. The lowest BCUT2D eigenvalue weighted by Crippen LogP contribution is -2.28. The van der Waals surface area contributed by atoms with Crippen LogP contribution >= 0.6 is 0 Å². The van der Waals surface area contributed by atoms with Gasteiger partial charge in [0.15, 0.2) is 5.69 Å². The molecular formula is C13H21N3O4. The number of carboxylic acids is 1. The predicted octanol–water partition coefficient (Wildman–Crippen LogP) is 1.78. The first kappa shape index (κ1) is 16.0. The van der Waals surface area contributed by atoms with Crippen molar-refractivity contribution in [2.45, 2.75) is 39.8 Å². The number of aromatic carboxylic acids is 1. The molecule has 0 aliphatic rings. The molecule has 1 aromatic rings. The second-order valence-corrected chi connectivity index (χ2v) is 5.15. The van der Waals surface area contributed by atoms with E-state index < -0.39 is 12.1 Å². The highest BCUT2D eigenvalue weighted by molar-refractivity contribution is 5.87. The Labute approximate surface area is 117 Å². The molecule has 0 aliphatic carbocycles. The minimum atomic E-state index is -1.08. The van der Waals surface area contributed by atoms with E-state index in [-0.39, 0.29) is 18.3 Å². The highest BCUT2D eigenvalue weighted by atomic mass is 16.6. The SMILES string of the molecule is CC(C)CC(C)OC(=O)NCc1cnn(C)c1C(=O)O. The van der Waals surface area contributed by atoms with Crippen LogP contribution in [0.2, 0.25) is 0 Å². The molecule has 0 aromatic carbocycles. The summed E-state index contributed by atoms with van der Waals surface area (Å²) in [4.78, 5) is 22.6. The molecule has 7 nitrogen and oxygen atoms in total. The van der Waals surface area contributed by atoms with E-state index in [9.17, 15) is 9.59 Å². The number of carbonyl (C=O) groups excluding carboxylic acids is 1. The van der Waals surface area contributed by atoms with Gasteiger partial charge in [-0.25, -0.2) is 9.59 Å². The molecule has 7 heteroatoms. The number of ether oxygens (including phenoxy) is 1. The van der Waals surface area contributed by atoms with Crippen LogP contribution in [0.3, 0.4) is 0 Å². The number of rotatable bonds is 6. The maximum atomic E-state index is 11.6. The summed E-state index contributed by atoms with van der Waals surface area (Å²) in [6.45, 7) is 5.99. The third-order valence-electron chi connectivity index (χ3n) is 2.75. The lowest BCUT2D eigenvalue weighted by Gasteiger charge is -2.15.